The third kappa shape index (κ3) is 15.0. The molecule has 0 atom stereocenters. The molecule has 7 aromatic rings. The molecule has 0 heterocycles. The van der Waals surface area contributed by atoms with Crippen molar-refractivity contribution in [2.45, 2.75) is 19.6 Å². The Hall–Kier alpha value is -3.83. The Morgan fingerprint density at radius 1 is 0.507 bits per heavy atom. The van der Waals surface area contributed by atoms with Crippen LogP contribution in [0.1, 0.15) is 10.4 Å². The SMILES string of the molecule is COc1cc(N=Nc2ccc(N=Nc3cc(S(=O)(=O)[O-])ccc3S(=O)(=O)[O-])c3ccc(S(=O)(=O)[O-])cc23)c(OC)cc1N=Nc1c(S(=O)(=O)[O-])cc2ccc(NC(=O)c3ccc(N)cc3)cc2c1O.[Na+].[Na+].[Na+].[Na+]. The summed E-state index contributed by atoms with van der Waals surface area (Å²) in [5.41, 5.74) is 4.45. The maximum absolute atomic E-state index is 12.9. The Labute approximate surface area is 504 Å². The zero-order valence-electron chi connectivity index (χ0n) is 38.9. The molecule has 0 spiro atoms. The number of nitrogens with two attached hydrogens (primary N) is 1. The van der Waals surface area contributed by atoms with Crippen LogP contribution in [0, 0.1) is 0 Å². The molecule has 32 heteroatoms. The molecule has 0 unspecified atom stereocenters. The van der Waals surface area contributed by atoms with Gasteiger partial charge in [-0.3, -0.25) is 4.79 Å². The number of nitrogen functional groups attached to an aromatic ring is 1. The standard InChI is InChI=1S/C41H32N8O16S4.4Na/c1-64-35-20-33(47-49-39-38(69(61,62)63)15-22-5-8-24(16-28(22)40(39)50)43-41(51)21-3-6-23(42)7-4-21)36(65-2)19-32(35)46-45-31-13-12-30(27-11-9-25(17-29(27)31)66(52,53)54)44-48-34-18-26(67(55,56)57)10-14-37(34)68(58,59)60;;;;/h3-20,50H,42H2,1-2H3,(H,43,51)(H,52,53,54)(H,55,56,57)(H,58,59,60)(H,61,62,63);;;;/q;4*+1/p-4. The van der Waals surface area contributed by atoms with Gasteiger partial charge in [0.25, 0.3) is 5.91 Å². The van der Waals surface area contributed by atoms with E-state index in [9.17, 15) is 61.8 Å². The van der Waals surface area contributed by atoms with Crippen molar-refractivity contribution >= 4 is 113 Å². The van der Waals surface area contributed by atoms with E-state index < -0.39 is 83.1 Å². The number of amides is 1. The van der Waals surface area contributed by atoms with E-state index in [0.717, 1.165) is 24.3 Å². The second-order valence-electron chi connectivity index (χ2n) is 14.1. The van der Waals surface area contributed by atoms with Crippen LogP contribution in [0.15, 0.2) is 159 Å². The van der Waals surface area contributed by atoms with E-state index in [1.807, 2.05) is 0 Å². The maximum atomic E-state index is 12.9. The van der Waals surface area contributed by atoms with Gasteiger partial charge in [-0.15, -0.1) is 30.7 Å². The average molecular weight is 1110 g/mol. The first-order valence-corrected chi connectivity index (χ1v) is 24.5. The third-order valence-electron chi connectivity index (χ3n) is 9.74. The van der Waals surface area contributed by atoms with Gasteiger partial charge in [0.15, 0.2) is 5.75 Å². The zero-order chi connectivity index (χ0) is 50.2. The molecule has 4 N–H and O–H groups in total. The summed E-state index contributed by atoms with van der Waals surface area (Å²) in [5, 5.41) is 37.9. The molecule has 0 aliphatic carbocycles. The van der Waals surface area contributed by atoms with Crippen LogP contribution in [0.4, 0.5) is 45.5 Å². The second-order valence-corrected chi connectivity index (χ2v) is 19.6. The van der Waals surface area contributed by atoms with Crippen molar-refractivity contribution in [1.29, 1.82) is 0 Å². The minimum absolute atomic E-state index is 0. The van der Waals surface area contributed by atoms with E-state index in [-0.39, 0.29) is 185 Å². The van der Waals surface area contributed by atoms with E-state index >= 15 is 0 Å². The number of carbonyl (C=O) groups excluding carboxylic acids is 1. The van der Waals surface area contributed by atoms with Crippen molar-refractivity contribution in [3.8, 4) is 17.2 Å². The molecule has 0 bridgehead atoms. The van der Waals surface area contributed by atoms with Crippen LogP contribution >= 0.6 is 0 Å². The van der Waals surface area contributed by atoms with Gasteiger partial charge in [-0.1, -0.05) is 12.1 Å². The molecule has 0 aromatic heterocycles. The number of benzene rings is 7. The van der Waals surface area contributed by atoms with Gasteiger partial charge >= 0.3 is 118 Å². The monoisotopic (exact) mass is 1110 g/mol. The summed E-state index contributed by atoms with van der Waals surface area (Å²) in [6, 6.07) is 20.6. The number of hydrogen-bond acceptors (Lipinski definition) is 23. The summed E-state index contributed by atoms with van der Waals surface area (Å²) in [4.78, 5) is 9.24. The molecule has 0 radical (unpaired) electrons. The zero-order valence-corrected chi connectivity index (χ0v) is 50.1. The fourth-order valence-electron chi connectivity index (χ4n) is 6.45. The quantitative estimate of drug-likeness (QED) is 0.0399. The molecule has 0 aliphatic heterocycles. The topological polar surface area (TPSA) is 397 Å². The molecular weight excluding hydrogens is 1080 g/mol. The summed E-state index contributed by atoms with van der Waals surface area (Å²) in [6.45, 7) is 0. The predicted octanol–water partition coefficient (Wildman–Crippen LogP) is -4.57. The molecular formula is C41H28N8Na4O16S4. The van der Waals surface area contributed by atoms with Crippen molar-refractivity contribution < 1.29 is 189 Å². The van der Waals surface area contributed by atoms with Crippen LogP contribution in [0.5, 0.6) is 17.2 Å². The molecule has 73 heavy (non-hydrogen) atoms. The number of phenolic OH excluding ortho intramolecular Hbond substituents is 1. The van der Waals surface area contributed by atoms with Crippen LogP contribution in [0.25, 0.3) is 21.5 Å². The van der Waals surface area contributed by atoms with Gasteiger partial charge in [-0.2, -0.15) is 0 Å². The van der Waals surface area contributed by atoms with Crippen molar-refractivity contribution in [2.75, 3.05) is 25.3 Å². The number of ether oxygens (including phenoxy) is 2. The number of methoxy groups -OCH3 is 2. The number of carbonyl (C=O) groups is 1. The van der Waals surface area contributed by atoms with Gasteiger partial charge in [0.2, 0.25) is 0 Å². The van der Waals surface area contributed by atoms with E-state index in [2.05, 4.69) is 36.0 Å². The molecule has 0 saturated carbocycles. The summed E-state index contributed by atoms with van der Waals surface area (Å²) < 4.78 is 155. The first-order chi connectivity index (χ1) is 32.3. The molecule has 356 valence electrons. The normalized spacial score (nSPS) is 12.0. The fourth-order valence-corrected chi connectivity index (χ4v) is 8.68. The molecule has 7 aromatic carbocycles. The number of nitrogens with zero attached hydrogens (tertiary/aromatic N) is 6. The van der Waals surface area contributed by atoms with E-state index in [1.54, 1.807) is 0 Å². The third-order valence-corrected chi connectivity index (χ3v) is 13.1. The Morgan fingerprint density at radius 2 is 1.00 bits per heavy atom. The number of nitrogens with one attached hydrogen (secondary N) is 1. The Kier molecular flexibility index (Phi) is 22.0. The van der Waals surface area contributed by atoms with Crippen LogP contribution in [-0.4, -0.2) is 77.1 Å². The van der Waals surface area contributed by atoms with Crippen molar-refractivity contribution in [3.05, 3.63) is 115 Å². The number of azo groups is 3. The van der Waals surface area contributed by atoms with Gasteiger partial charge in [0.05, 0.1) is 45.2 Å². The first-order valence-electron chi connectivity index (χ1n) is 18.9. The summed E-state index contributed by atoms with van der Waals surface area (Å²) in [5.74, 6) is -1.52. The first kappa shape index (κ1) is 63.5. The van der Waals surface area contributed by atoms with Crippen LogP contribution in [0.3, 0.4) is 0 Å². The van der Waals surface area contributed by atoms with E-state index in [1.165, 1.54) is 80.9 Å². The van der Waals surface area contributed by atoms with Crippen molar-refractivity contribution in [3.63, 3.8) is 0 Å². The number of aromatic hydroxyl groups is 1. The predicted molar refractivity (Wildman–Crippen MR) is 239 cm³/mol. The number of rotatable bonds is 14. The molecule has 0 saturated heterocycles. The average Bonchev–Trinajstić information content (AvgIpc) is 3.28. The Bertz CT molecular complexity index is 3860. The number of hydrogen-bond donors (Lipinski definition) is 3. The van der Waals surface area contributed by atoms with Crippen LogP contribution in [-0.2, 0) is 40.5 Å². The summed E-state index contributed by atoms with van der Waals surface area (Å²) in [6.07, 6.45) is 0. The van der Waals surface area contributed by atoms with Gasteiger partial charge in [-0.05, 0) is 90.3 Å². The number of fused-ring (bicyclic) bond motifs is 2. The summed E-state index contributed by atoms with van der Waals surface area (Å²) in [7, 11) is -18.4. The largest absolute Gasteiger partial charge is 1.00 e. The fraction of sp³-hybridized carbons (Fsp3) is 0.0488. The Morgan fingerprint density at radius 3 is 1.53 bits per heavy atom. The van der Waals surface area contributed by atoms with Crippen LogP contribution in [0.2, 0.25) is 0 Å². The molecule has 1 amide bonds. The molecule has 7 rings (SSSR count). The molecule has 24 nitrogen and oxygen atoms in total. The van der Waals surface area contributed by atoms with Crippen LogP contribution < -0.4 is 139 Å². The summed E-state index contributed by atoms with van der Waals surface area (Å²) >= 11 is 0. The van der Waals surface area contributed by atoms with Crippen molar-refractivity contribution in [1.82, 2.24) is 0 Å². The molecule has 0 fully saturated rings. The van der Waals surface area contributed by atoms with Gasteiger partial charge in [-0.25, -0.2) is 33.7 Å². The van der Waals surface area contributed by atoms with Crippen molar-refractivity contribution in [2.24, 2.45) is 30.7 Å². The molecule has 0 aliphatic rings. The minimum atomic E-state index is -5.30. The smallest absolute Gasteiger partial charge is 0.744 e. The van der Waals surface area contributed by atoms with Gasteiger partial charge in [0, 0.05) is 45.2 Å². The number of anilines is 2. The minimum Gasteiger partial charge on any atom is -0.744 e. The van der Waals surface area contributed by atoms with E-state index in [0.29, 0.717) is 23.9 Å². The van der Waals surface area contributed by atoms with E-state index in [4.69, 9.17) is 15.2 Å². The maximum Gasteiger partial charge on any atom is 1.00 e. The van der Waals surface area contributed by atoms with Gasteiger partial charge < -0.3 is 43.8 Å². The van der Waals surface area contributed by atoms with Gasteiger partial charge in [0.1, 0.15) is 74.7 Å². The Balaban J connectivity index is 0.00000352. The second kappa shape index (κ2) is 25.3. The number of phenols is 1.